The van der Waals surface area contributed by atoms with Crippen LogP contribution in [-0.2, 0) is 11.2 Å². The number of aromatic nitrogens is 1. The minimum atomic E-state index is -0.00554. The van der Waals surface area contributed by atoms with Gasteiger partial charge < -0.3 is 10.1 Å². The Hall–Kier alpha value is -2.36. The molecule has 0 saturated heterocycles. The van der Waals surface area contributed by atoms with E-state index < -0.39 is 0 Å². The van der Waals surface area contributed by atoms with Crippen LogP contribution in [0, 0.1) is 0 Å². The highest BCUT2D eigenvalue weighted by atomic mass is 16.5. The minimum Gasteiger partial charge on any atom is -0.497 e. The Morgan fingerprint density at radius 1 is 1.26 bits per heavy atom. The standard InChI is InChI=1S/C15H16N2O2/c1-19-14-7-5-13(6-8-14)17-15(18)9-4-12-3-2-10-16-11-12/h2-3,5-8,10-11H,4,9H2,1H3,(H,17,18). The number of pyridine rings is 1. The molecule has 0 aliphatic rings. The number of rotatable bonds is 5. The van der Waals surface area contributed by atoms with Gasteiger partial charge in [-0.25, -0.2) is 0 Å². The first kappa shape index (κ1) is 13.1. The third-order valence-electron chi connectivity index (χ3n) is 2.74. The molecule has 0 spiro atoms. The number of aryl methyl sites for hydroxylation is 1. The number of amides is 1. The molecule has 98 valence electrons. The molecule has 0 fully saturated rings. The summed E-state index contributed by atoms with van der Waals surface area (Å²) in [7, 11) is 1.61. The van der Waals surface area contributed by atoms with E-state index in [1.807, 2.05) is 36.4 Å². The van der Waals surface area contributed by atoms with Crippen molar-refractivity contribution >= 4 is 11.6 Å². The average molecular weight is 256 g/mol. The maximum absolute atomic E-state index is 11.8. The molecule has 0 aliphatic heterocycles. The van der Waals surface area contributed by atoms with Crippen LogP contribution in [0.15, 0.2) is 48.8 Å². The first-order valence-corrected chi connectivity index (χ1v) is 6.11. The SMILES string of the molecule is COc1ccc(NC(=O)CCc2cccnc2)cc1. The highest BCUT2D eigenvalue weighted by molar-refractivity contribution is 5.90. The third-order valence-corrected chi connectivity index (χ3v) is 2.74. The topological polar surface area (TPSA) is 51.2 Å². The van der Waals surface area contributed by atoms with Crippen LogP contribution in [0.3, 0.4) is 0 Å². The van der Waals surface area contributed by atoms with Gasteiger partial charge in [0.15, 0.2) is 0 Å². The molecule has 1 aromatic heterocycles. The third kappa shape index (κ3) is 4.10. The van der Waals surface area contributed by atoms with Gasteiger partial charge in [-0.1, -0.05) is 6.07 Å². The van der Waals surface area contributed by atoms with Gasteiger partial charge in [0.25, 0.3) is 0 Å². The van der Waals surface area contributed by atoms with E-state index in [1.165, 1.54) is 0 Å². The van der Waals surface area contributed by atoms with E-state index in [0.717, 1.165) is 17.0 Å². The first-order chi connectivity index (χ1) is 9.28. The lowest BCUT2D eigenvalue weighted by molar-refractivity contribution is -0.116. The van der Waals surface area contributed by atoms with E-state index in [2.05, 4.69) is 10.3 Å². The Morgan fingerprint density at radius 2 is 2.05 bits per heavy atom. The number of anilines is 1. The molecule has 4 heteroatoms. The second kappa shape index (κ2) is 6.54. The highest BCUT2D eigenvalue weighted by Gasteiger charge is 2.03. The number of carbonyl (C=O) groups excluding carboxylic acids is 1. The van der Waals surface area contributed by atoms with Gasteiger partial charge >= 0.3 is 0 Å². The monoisotopic (exact) mass is 256 g/mol. The summed E-state index contributed by atoms with van der Waals surface area (Å²) in [6.07, 6.45) is 4.63. The van der Waals surface area contributed by atoms with Crippen LogP contribution in [0.2, 0.25) is 0 Å². The molecule has 0 aliphatic carbocycles. The molecule has 4 nitrogen and oxygen atoms in total. The van der Waals surface area contributed by atoms with Crippen LogP contribution in [-0.4, -0.2) is 18.0 Å². The second-order valence-corrected chi connectivity index (χ2v) is 4.14. The molecule has 0 atom stereocenters. The zero-order valence-electron chi connectivity index (χ0n) is 10.8. The zero-order valence-corrected chi connectivity index (χ0v) is 10.8. The fourth-order valence-corrected chi connectivity index (χ4v) is 1.70. The summed E-state index contributed by atoms with van der Waals surface area (Å²) in [6, 6.07) is 11.1. The van der Waals surface area contributed by atoms with Crippen molar-refractivity contribution in [1.82, 2.24) is 4.98 Å². The molecule has 1 aromatic carbocycles. The van der Waals surface area contributed by atoms with Gasteiger partial charge in [-0.2, -0.15) is 0 Å². The molecule has 1 heterocycles. The Kier molecular flexibility index (Phi) is 4.50. The van der Waals surface area contributed by atoms with Crippen LogP contribution in [0.5, 0.6) is 5.75 Å². The van der Waals surface area contributed by atoms with Crippen molar-refractivity contribution in [2.75, 3.05) is 12.4 Å². The number of carbonyl (C=O) groups is 1. The second-order valence-electron chi connectivity index (χ2n) is 4.14. The number of benzene rings is 1. The van der Waals surface area contributed by atoms with E-state index in [1.54, 1.807) is 19.5 Å². The Morgan fingerprint density at radius 3 is 2.68 bits per heavy atom. The van der Waals surface area contributed by atoms with Crippen LogP contribution in [0.25, 0.3) is 0 Å². The fourth-order valence-electron chi connectivity index (χ4n) is 1.70. The normalized spacial score (nSPS) is 9.95. The summed E-state index contributed by atoms with van der Waals surface area (Å²) < 4.78 is 5.06. The summed E-state index contributed by atoms with van der Waals surface area (Å²) in [5, 5.41) is 2.85. The number of hydrogen-bond donors (Lipinski definition) is 1. The molecular weight excluding hydrogens is 240 g/mol. The van der Waals surface area contributed by atoms with Gasteiger partial charge in [-0.15, -0.1) is 0 Å². The molecular formula is C15H16N2O2. The number of nitrogens with zero attached hydrogens (tertiary/aromatic N) is 1. The van der Waals surface area contributed by atoms with Gasteiger partial charge in [-0.3, -0.25) is 9.78 Å². The summed E-state index contributed by atoms with van der Waals surface area (Å²) in [6.45, 7) is 0. The van der Waals surface area contributed by atoms with Crippen molar-refractivity contribution in [3.8, 4) is 5.75 Å². The van der Waals surface area contributed by atoms with Crippen molar-refractivity contribution in [3.63, 3.8) is 0 Å². The van der Waals surface area contributed by atoms with Crippen LogP contribution in [0.4, 0.5) is 5.69 Å². The lowest BCUT2D eigenvalue weighted by Crippen LogP contribution is -2.12. The lowest BCUT2D eigenvalue weighted by Gasteiger charge is -2.06. The van der Waals surface area contributed by atoms with Crippen molar-refractivity contribution in [2.45, 2.75) is 12.8 Å². The predicted octanol–water partition coefficient (Wildman–Crippen LogP) is 2.66. The van der Waals surface area contributed by atoms with E-state index in [9.17, 15) is 4.79 Å². The first-order valence-electron chi connectivity index (χ1n) is 6.11. The van der Waals surface area contributed by atoms with Crippen LogP contribution < -0.4 is 10.1 Å². The van der Waals surface area contributed by atoms with Gasteiger partial charge in [0.1, 0.15) is 5.75 Å². The van der Waals surface area contributed by atoms with E-state index in [4.69, 9.17) is 4.74 Å². The Labute approximate surface area is 112 Å². The Bertz CT molecular complexity index is 524. The molecule has 2 rings (SSSR count). The number of methoxy groups -OCH3 is 1. The number of ether oxygens (including phenoxy) is 1. The quantitative estimate of drug-likeness (QED) is 0.894. The lowest BCUT2D eigenvalue weighted by atomic mass is 10.1. The van der Waals surface area contributed by atoms with Gasteiger partial charge in [0.05, 0.1) is 7.11 Å². The Balaban J connectivity index is 1.83. The zero-order chi connectivity index (χ0) is 13.5. The van der Waals surface area contributed by atoms with Crippen molar-refractivity contribution < 1.29 is 9.53 Å². The molecule has 0 radical (unpaired) electrons. The fraction of sp³-hybridized carbons (Fsp3) is 0.200. The molecule has 19 heavy (non-hydrogen) atoms. The van der Waals surface area contributed by atoms with E-state index in [-0.39, 0.29) is 5.91 Å². The van der Waals surface area contributed by atoms with Crippen LogP contribution >= 0.6 is 0 Å². The maximum Gasteiger partial charge on any atom is 0.224 e. The van der Waals surface area contributed by atoms with E-state index in [0.29, 0.717) is 12.8 Å². The molecule has 1 amide bonds. The highest BCUT2D eigenvalue weighted by Crippen LogP contribution is 2.15. The van der Waals surface area contributed by atoms with Crippen molar-refractivity contribution in [3.05, 3.63) is 54.4 Å². The van der Waals surface area contributed by atoms with Gasteiger partial charge in [0.2, 0.25) is 5.91 Å². The molecule has 0 unspecified atom stereocenters. The maximum atomic E-state index is 11.8. The molecule has 2 aromatic rings. The molecule has 1 N–H and O–H groups in total. The predicted molar refractivity (Wildman–Crippen MR) is 74.2 cm³/mol. The van der Waals surface area contributed by atoms with Crippen molar-refractivity contribution in [1.29, 1.82) is 0 Å². The summed E-state index contributed by atoms with van der Waals surface area (Å²) in [5.74, 6) is 0.766. The van der Waals surface area contributed by atoms with E-state index >= 15 is 0 Å². The smallest absolute Gasteiger partial charge is 0.224 e. The summed E-state index contributed by atoms with van der Waals surface area (Å²) >= 11 is 0. The van der Waals surface area contributed by atoms with Gasteiger partial charge in [-0.05, 0) is 42.3 Å². The minimum absolute atomic E-state index is 0.00554. The summed E-state index contributed by atoms with van der Waals surface area (Å²) in [5.41, 5.74) is 1.84. The largest absolute Gasteiger partial charge is 0.497 e. The molecule has 0 bridgehead atoms. The van der Waals surface area contributed by atoms with Gasteiger partial charge in [0, 0.05) is 24.5 Å². The van der Waals surface area contributed by atoms with Crippen molar-refractivity contribution in [2.24, 2.45) is 0 Å². The number of nitrogens with one attached hydrogen (secondary N) is 1. The van der Waals surface area contributed by atoms with Crippen LogP contribution in [0.1, 0.15) is 12.0 Å². The number of hydrogen-bond acceptors (Lipinski definition) is 3. The summed E-state index contributed by atoms with van der Waals surface area (Å²) in [4.78, 5) is 15.8. The average Bonchev–Trinajstić information content (AvgIpc) is 2.47. The molecule has 0 saturated carbocycles.